The molecule has 0 radical (unpaired) electrons. The molecule has 0 spiro atoms. The Bertz CT molecular complexity index is 1370. The van der Waals surface area contributed by atoms with Crippen LogP contribution in [0.15, 0.2) is 84.9 Å². The van der Waals surface area contributed by atoms with Gasteiger partial charge in [0, 0.05) is 12.5 Å². The van der Waals surface area contributed by atoms with Crippen LogP contribution in [-0.4, -0.2) is 71.0 Å². The number of esters is 1. The van der Waals surface area contributed by atoms with E-state index in [0.29, 0.717) is 6.61 Å². The zero-order chi connectivity index (χ0) is 30.0. The van der Waals surface area contributed by atoms with Crippen LogP contribution in [0, 0.1) is 0 Å². The lowest BCUT2D eigenvalue weighted by Gasteiger charge is -2.20. The van der Waals surface area contributed by atoms with E-state index in [1.165, 1.54) is 6.07 Å². The van der Waals surface area contributed by atoms with Crippen LogP contribution in [0.5, 0.6) is 11.5 Å². The van der Waals surface area contributed by atoms with Crippen LogP contribution in [0.4, 0.5) is 0 Å². The van der Waals surface area contributed by atoms with Crippen molar-refractivity contribution in [3.63, 3.8) is 0 Å². The van der Waals surface area contributed by atoms with Gasteiger partial charge in [0.05, 0.1) is 12.8 Å². The molecule has 216 valence electrons. The number of carbonyl (C=O) groups excluding carboxylic acids is 1. The average molecular weight is 562 g/mol. The van der Waals surface area contributed by atoms with Crippen molar-refractivity contribution in [1.82, 2.24) is 4.90 Å². The van der Waals surface area contributed by atoms with E-state index in [2.05, 4.69) is 6.08 Å². The van der Waals surface area contributed by atoms with Gasteiger partial charge >= 0.3 is 17.9 Å². The first-order valence-corrected chi connectivity index (χ1v) is 13.1. The molecule has 3 rings (SSSR count). The van der Waals surface area contributed by atoms with Crippen molar-refractivity contribution in [3.8, 4) is 11.5 Å². The number of carbonyl (C=O) groups is 3. The molecule has 0 aliphatic carbocycles. The fourth-order valence-electron chi connectivity index (χ4n) is 4.19. The number of carboxylic acids is 2. The van der Waals surface area contributed by atoms with E-state index in [0.717, 1.165) is 34.6 Å². The van der Waals surface area contributed by atoms with Crippen molar-refractivity contribution >= 4 is 23.5 Å². The molecule has 41 heavy (non-hydrogen) atoms. The highest BCUT2D eigenvalue weighted by atomic mass is 16.5. The Balaban J connectivity index is 1.90. The van der Waals surface area contributed by atoms with Gasteiger partial charge in [-0.1, -0.05) is 60.7 Å². The highest BCUT2D eigenvalue weighted by molar-refractivity contribution is 5.89. The van der Waals surface area contributed by atoms with Crippen LogP contribution in [0.25, 0.3) is 5.57 Å². The lowest BCUT2D eigenvalue weighted by atomic mass is 9.88. The second-order valence-corrected chi connectivity index (χ2v) is 10.0. The first-order chi connectivity index (χ1) is 19.5. The Hall–Kier alpha value is -4.47. The Morgan fingerprint density at radius 3 is 2.17 bits per heavy atom. The zero-order valence-electron chi connectivity index (χ0n) is 23.3. The number of hydrogen-bond donors (Lipinski definition) is 3. The first kappa shape index (κ1) is 31.1. The van der Waals surface area contributed by atoms with E-state index in [9.17, 15) is 24.6 Å². The zero-order valence-corrected chi connectivity index (χ0v) is 23.3. The largest absolute Gasteiger partial charge is 0.492 e. The number of rotatable bonds is 14. The van der Waals surface area contributed by atoms with Gasteiger partial charge in [0.15, 0.2) is 5.60 Å². The number of hydrogen-bond acceptors (Lipinski definition) is 7. The van der Waals surface area contributed by atoms with E-state index >= 15 is 0 Å². The number of aliphatic carboxylic acids is 2. The van der Waals surface area contributed by atoms with Gasteiger partial charge in [-0.3, -0.25) is 9.59 Å². The molecule has 3 aromatic carbocycles. The molecule has 9 heteroatoms. The van der Waals surface area contributed by atoms with E-state index in [1.54, 1.807) is 12.1 Å². The molecule has 2 atom stereocenters. The number of aliphatic hydroxyl groups is 1. The molecule has 0 aliphatic heterocycles. The van der Waals surface area contributed by atoms with E-state index in [4.69, 9.17) is 14.6 Å². The standard InChI is InChI=1S/C32H35NO8/c1-22(23-8-5-4-6-9-23)18-28(24-12-14-26(15-13-24)40-17-16-33(2)3)25-10-7-11-27(19-25)41-30(36)21-32(39,31(37)38)20-29(34)35/h4-15,18-19,28,39H,16-17,20-21H2,1-3H3,(H,34,35)(H,37,38). The van der Waals surface area contributed by atoms with Crippen LogP contribution in [0.3, 0.4) is 0 Å². The highest BCUT2D eigenvalue weighted by Gasteiger charge is 2.41. The molecule has 0 aliphatic rings. The van der Waals surface area contributed by atoms with Gasteiger partial charge in [-0.25, -0.2) is 4.79 Å². The minimum absolute atomic E-state index is 0.134. The second kappa shape index (κ2) is 14.2. The maximum absolute atomic E-state index is 12.5. The molecule has 0 amide bonds. The van der Waals surface area contributed by atoms with Crippen LogP contribution < -0.4 is 9.47 Å². The van der Waals surface area contributed by atoms with Gasteiger partial charge in [0.25, 0.3) is 0 Å². The molecule has 0 saturated heterocycles. The van der Waals surface area contributed by atoms with Gasteiger partial charge in [-0.15, -0.1) is 0 Å². The minimum Gasteiger partial charge on any atom is -0.492 e. The molecule has 0 saturated carbocycles. The summed E-state index contributed by atoms with van der Waals surface area (Å²) >= 11 is 0. The summed E-state index contributed by atoms with van der Waals surface area (Å²) < 4.78 is 11.2. The van der Waals surface area contributed by atoms with Gasteiger partial charge in [-0.05, 0) is 67.5 Å². The van der Waals surface area contributed by atoms with E-state index in [1.807, 2.05) is 86.6 Å². The third kappa shape index (κ3) is 9.30. The summed E-state index contributed by atoms with van der Waals surface area (Å²) in [6, 6.07) is 24.5. The predicted octanol–water partition coefficient (Wildman–Crippen LogP) is 4.45. The van der Waals surface area contributed by atoms with Gasteiger partial charge in [-0.2, -0.15) is 0 Å². The average Bonchev–Trinajstić information content (AvgIpc) is 2.92. The summed E-state index contributed by atoms with van der Waals surface area (Å²) in [6.07, 6.45) is -0.0588. The lowest BCUT2D eigenvalue weighted by Crippen LogP contribution is -2.43. The molecule has 9 nitrogen and oxygen atoms in total. The first-order valence-electron chi connectivity index (χ1n) is 13.1. The predicted molar refractivity (Wildman–Crippen MR) is 154 cm³/mol. The fraction of sp³-hybridized carbons (Fsp3) is 0.281. The molecule has 3 N–H and O–H groups in total. The third-order valence-electron chi connectivity index (χ3n) is 6.42. The summed E-state index contributed by atoms with van der Waals surface area (Å²) in [5.41, 5.74) is 1.06. The molecule has 0 bridgehead atoms. The van der Waals surface area contributed by atoms with Crippen LogP contribution in [0.1, 0.15) is 42.4 Å². The Morgan fingerprint density at radius 2 is 1.56 bits per heavy atom. The SMILES string of the molecule is CC(=CC(c1ccc(OCCN(C)C)cc1)c1cccc(OC(=O)CC(O)(CC(=O)O)C(=O)O)c1)c1ccccc1. The Labute approximate surface area is 239 Å². The van der Waals surface area contributed by atoms with Crippen molar-refractivity contribution in [1.29, 1.82) is 0 Å². The Morgan fingerprint density at radius 1 is 0.878 bits per heavy atom. The van der Waals surface area contributed by atoms with Crippen LogP contribution in [0.2, 0.25) is 0 Å². The quantitative estimate of drug-likeness (QED) is 0.193. The van der Waals surface area contributed by atoms with Gasteiger partial charge in [0.2, 0.25) is 0 Å². The normalized spacial score (nSPS) is 13.7. The van der Waals surface area contributed by atoms with Crippen LogP contribution >= 0.6 is 0 Å². The smallest absolute Gasteiger partial charge is 0.336 e. The number of carboxylic acid groups (broad SMARTS) is 2. The summed E-state index contributed by atoms with van der Waals surface area (Å²) in [5.74, 6) is -3.81. The van der Waals surface area contributed by atoms with Crippen molar-refractivity contribution in [2.45, 2.75) is 31.3 Å². The lowest BCUT2D eigenvalue weighted by molar-refractivity contribution is -0.169. The number of benzene rings is 3. The van der Waals surface area contributed by atoms with Crippen molar-refractivity contribution < 1.29 is 39.2 Å². The molecule has 0 fully saturated rings. The number of allylic oxidation sites excluding steroid dienone is 2. The van der Waals surface area contributed by atoms with Crippen LogP contribution in [-0.2, 0) is 14.4 Å². The summed E-state index contributed by atoms with van der Waals surface area (Å²) in [4.78, 5) is 37.0. The molecular formula is C32H35NO8. The van der Waals surface area contributed by atoms with Crippen molar-refractivity contribution in [2.24, 2.45) is 0 Å². The highest BCUT2D eigenvalue weighted by Crippen LogP contribution is 2.33. The fourth-order valence-corrected chi connectivity index (χ4v) is 4.19. The van der Waals surface area contributed by atoms with Gasteiger partial charge in [0.1, 0.15) is 18.1 Å². The molecular weight excluding hydrogens is 526 g/mol. The van der Waals surface area contributed by atoms with Gasteiger partial charge < -0.3 is 29.7 Å². The topological polar surface area (TPSA) is 134 Å². The molecule has 0 heterocycles. The molecule has 3 aromatic rings. The maximum Gasteiger partial charge on any atom is 0.336 e. The third-order valence-corrected chi connectivity index (χ3v) is 6.42. The monoisotopic (exact) mass is 561 g/mol. The summed E-state index contributed by atoms with van der Waals surface area (Å²) in [6.45, 7) is 3.36. The number of nitrogens with zero attached hydrogens (tertiary/aromatic N) is 1. The molecule has 0 aromatic heterocycles. The maximum atomic E-state index is 12.5. The summed E-state index contributed by atoms with van der Waals surface area (Å²) in [7, 11) is 3.96. The van der Waals surface area contributed by atoms with Crippen molar-refractivity contribution in [2.75, 3.05) is 27.2 Å². The second-order valence-electron chi connectivity index (χ2n) is 10.0. The number of likely N-dealkylation sites (N-methyl/N-ethyl adjacent to an activating group) is 1. The minimum atomic E-state index is -2.78. The molecule has 2 unspecified atom stereocenters. The summed E-state index contributed by atoms with van der Waals surface area (Å²) in [5, 5.41) is 28.4. The number of ether oxygens (including phenoxy) is 2. The Kier molecular flexibility index (Phi) is 10.8. The van der Waals surface area contributed by atoms with E-state index < -0.39 is 36.4 Å². The van der Waals surface area contributed by atoms with E-state index in [-0.39, 0.29) is 11.7 Å². The van der Waals surface area contributed by atoms with Crippen molar-refractivity contribution in [3.05, 3.63) is 102 Å².